The Hall–Kier alpha value is 0.500. The van der Waals surface area contributed by atoms with Gasteiger partial charge in [0.2, 0.25) is 0 Å². The van der Waals surface area contributed by atoms with Gasteiger partial charge in [-0.2, -0.15) is 0 Å². The van der Waals surface area contributed by atoms with Crippen LogP contribution in [0.4, 0.5) is 0 Å². The summed E-state index contributed by atoms with van der Waals surface area (Å²) in [7, 11) is 0. The Morgan fingerprint density at radius 1 is 1.11 bits per heavy atom. The fourth-order valence-electron chi connectivity index (χ4n) is 0.923. The van der Waals surface area contributed by atoms with Crippen LogP contribution in [0.1, 0.15) is 12.8 Å². The summed E-state index contributed by atoms with van der Waals surface area (Å²) >= 11 is 11.1. The van der Waals surface area contributed by atoms with Crippen LogP contribution in [0.25, 0.3) is 0 Å². The summed E-state index contributed by atoms with van der Waals surface area (Å²) in [5.41, 5.74) is 0. The minimum absolute atomic E-state index is 0.480. The van der Waals surface area contributed by atoms with E-state index in [4.69, 9.17) is 33.4 Å². The van der Waals surface area contributed by atoms with Crippen molar-refractivity contribution in [2.24, 2.45) is 0 Å². The first kappa shape index (κ1) is 7.61. The maximum atomic E-state index is 9.00. The quantitative estimate of drug-likeness (QED) is 0.526. The maximum Gasteiger partial charge on any atom is 0.169 e. The molecule has 0 aromatic carbocycles. The summed E-state index contributed by atoms with van der Waals surface area (Å²) in [6, 6.07) is 0. The highest BCUT2D eigenvalue weighted by Crippen LogP contribution is 2.39. The molecule has 0 amide bonds. The summed E-state index contributed by atoms with van der Waals surface area (Å²) < 4.78 is -1.33. The van der Waals surface area contributed by atoms with Crippen LogP contribution in [0, 0.1) is 0 Å². The second kappa shape index (κ2) is 2.27. The molecule has 4 heteroatoms. The lowest BCUT2D eigenvalue weighted by molar-refractivity contribution is 0.124. The number of alkyl halides is 2. The van der Waals surface area contributed by atoms with Crippen molar-refractivity contribution in [2.45, 2.75) is 29.4 Å². The van der Waals surface area contributed by atoms with Gasteiger partial charge in [0.25, 0.3) is 0 Å². The van der Waals surface area contributed by atoms with Gasteiger partial charge in [-0.3, -0.25) is 0 Å². The van der Waals surface area contributed by atoms with Crippen molar-refractivity contribution in [3.05, 3.63) is 0 Å². The Labute approximate surface area is 63.4 Å². The number of halogens is 2. The highest BCUT2D eigenvalue weighted by atomic mass is 35.5. The zero-order valence-corrected chi connectivity index (χ0v) is 6.23. The fourth-order valence-corrected chi connectivity index (χ4v) is 1.36. The Bertz CT molecular complexity index is 104. The monoisotopic (exact) mass is 170 g/mol. The molecule has 2 nitrogen and oxygen atoms in total. The zero-order valence-electron chi connectivity index (χ0n) is 4.72. The molecule has 2 unspecified atom stereocenters. The molecule has 0 saturated heterocycles. The van der Waals surface area contributed by atoms with Crippen LogP contribution in [-0.2, 0) is 0 Å². The third-order valence-electron chi connectivity index (χ3n) is 1.60. The van der Waals surface area contributed by atoms with Crippen molar-refractivity contribution in [3.63, 3.8) is 0 Å². The Morgan fingerprint density at radius 3 is 1.56 bits per heavy atom. The van der Waals surface area contributed by atoms with Gasteiger partial charge in [-0.1, -0.05) is 23.2 Å². The van der Waals surface area contributed by atoms with Gasteiger partial charge >= 0.3 is 0 Å². The van der Waals surface area contributed by atoms with E-state index in [-0.39, 0.29) is 0 Å². The molecule has 1 saturated carbocycles. The molecule has 0 aromatic heterocycles. The first-order valence-electron chi connectivity index (χ1n) is 2.79. The minimum Gasteiger partial charge on any atom is -0.390 e. The van der Waals surface area contributed by atoms with E-state index >= 15 is 0 Å². The lowest BCUT2D eigenvalue weighted by Crippen LogP contribution is -2.34. The molecule has 9 heavy (non-hydrogen) atoms. The molecule has 1 aliphatic rings. The van der Waals surface area contributed by atoms with Gasteiger partial charge in [0.15, 0.2) is 4.33 Å². The number of hydrogen-bond donors (Lipinski definition) is 2. The summed E-state index contributed by atoms with van der Waals surface area (Å²) in [5.74, 6) is 0. The van der Waals surface area contributed by atoms with E-state index in [1.807, 2.05) is 0 Å². The van der Waals surface area contributed by atoms with E-state index in [0.717, 1.165) is 0 Å². The largest absolute Gasteiger partial charge is 0.390 e. The molecule has 1 fully saturated rings. The summed E-state index contributed by atoms with van der Waals surface area (Å²) in [6.07, 6.45) is -0.603. The molecule has 0 heterocycles. The van der Waals surface area contributed by atoms with Gasteiger partial charge in [0.1, 0.15) is 0 Å². The molecule has 0 aliphatic heterocycles. The van der Waals surface area contributed by atoms with E-state index < -0.39 is 16.5 Å². The highest BCUT2D eigenvalue weighted by molar-refractivity contribution is 6.49. The zero-order chi connectivity index (χ0) is 7.07. The highest BCUT2D eigenvalue weighted by Gasteiger charge is 2.46. The van der Waals surface area contributed by atoms with Crippen LogP contribution in [0.15, 0.2) is 0 Å². The lowest BCUT2D eigenvalue weighted by atomic mass is 10.3. The van der Waals surface area contributed by atoms with Crippen LogP contribution >= 0.6 is 23.2 Å². The second-order valence-electron chi connectivity index (χ2n) is 2.28. The smallest absolute Gasteiger partial charge is 0.169 e. The number of aliphatic hydroxyl groups excluding tert-OH is 2. The summed E-state index contributed by atoms with van der Waals surface area (Å²) in [4.78, 5) is 0. The second-order valence-corrected chi connectivity index (χ2v) is 3.73. The molecule has 2 N–H and O–H groups in total. The topological polar surface area (TPSA) is 40.5 Å². The molecular weight excluding hydrogens is 163 g/mol. The number of hydrogen-bond acceptors (Lipinski definition) is 2. The van der Waals surface area contributed by atoms with E-state index in [0.29, 0.717) is 12.8 Å². The van der Waals surface area contributed by atoms with E-state index in [1.54, 1.807) is 0 Å². The predicted molar refractivity (Wildman–Crippen MR) is 35.7 cm³/mol. The third kappa shape index (κ3) is 1.17. The summed E-state index contributed by atoms with van der Waals surface area (Å²) in [6.45, 7) is 0. The van der Waals surface area contributed by atoms with Crippen molar-refractivity contribution >= 4 is 23.2 Å². The summed E-state index contributed by atoms with van der Waals surface area (Å²) in [5, 5.41) is 18.0. The molecule has 0 spiro atoms. The Kier molecular flexibility index (Phi) is 1.92. The van der Waals surface area contributed by atoms with Crippen LogP contribution in [0.3, 0.4) is 0 Å². The first-order valence-corrected chi connectivity index (χ1v) is 3.54. The van der Waals surface area contributed by atoms with Crippen LogP contribution < -0.4 is 0 Å². The van der Waals surface area contributed by atoms with Crippen molar-refractivity contribution in [1.82, 2.24) is 0 Å². The fraction of sp³-hybridized carbons (Fsp3) is 1.00. The van der Waals surface area contributed by atoms with Crippen molar-refractivity contribution in [2.75, 3.05) is 0 Å². The molecule has 1 rings (SSSR count). The van der Waals surface area contributed by atoms with E-state index in [2.05, 4.69) is 0 Å². The van der Waals surface area contributed by atoms with E-state index in [1.165, 1.54) is 0 Å². The van der Waals surface area contributed by atoms with Gasteiger partial charge in [-0.15, -0.1) is 0 Å². The molecule has 0 bridgehead atoms. The molecule has 0 aromatic rings. The van der Waals surface area contributed by atoms with Crippen molar-refractivity contribution in [1.29, 1.82) is 0 Å². The van der Waals surface area contributed by atoms with Crippen LogP contribution in [0.2, 0.25) is 0 Å². The van der Waals surface area contributed by atoms with Gasteiger partial charge in [0, 0.05) is 0 Å². The standard InChI is InChI=1S/C5H8Cl2O2/c6-5(7)3(8)1-2-4(5)9/h3-4,8-9H,1-2H2. The normalized spacial score (nSPS) is 41.3. The Morgan fingerprint density at radius 2 is 1.44 bits per heavy atom. The number of rotatable bonds is 0. The van der Waals surface area contributed by atoms with Crippen LogP contribution in [-0.4, -0.2) is 26.8 Å². The predicted octanol–water partition coefficient (Wildman–Crippen LogP) is 0.676. The van der Waals surface area contributed by atoms with Gasteiger partial charge < -0.3 is 10.2 Å². The third-order valence-corrected chi connectivity index (χ3v) is 2.61. The molecule has 54 valence electrons. The van der Waals surface area contributed by atoms with Gasteiger partial charge in [-0.25, -0.2) is 0 Å². The van der Waals surface area contributed by atoms with Crippen molar-refractivity contribution in [3.8, 4) is 0 Å². The SMILES string of the molecule is OC1CCC(O)C1(Cl)Cl. The number of aliphatic hydroxyl groups is 2. The van der Waals surface area contributed by atoms with Gasteiger partial charge in [0.05, 0.1) is 12.2 Å². The lowest BCUT2D eigenvalue weighted by Gasteiger charge is -2.19. The molecule has 0 radical (unpaired) electrons. The van der Waals surface area contributed by atoms with Gasteiger partial charge in [-0.05, 0) is 12.8 Å². The molecule has 2 atom stereocenters. The van der Waals surface area contributed by atoms with E-state index in [9.17, 15) is 0 Å². The molecular formula is C5H8Cl2O2. The van der Waals surface area contributed by atoms with Crippen molar-refractivity contribution < 1.29 is 10.2 Å². The molecule has 1 aliphatic carbocycles. The maximum absolute atomic E-state index is 9.00. The first-order chi connectivity index (χ1) is 4.05. The average Bonchev–Trinajstić information content (AvgIpc) is 1.96. The average molecular weight is 171 g/mol. The Balaban J connectivity index is 2.66. The minimum atomic E-state index is -1.33. The van der Waals surface area contributed by atoms with Crippen LogP contribution in [0.5, 0.6) is 0 Å².